The lowest BCUT2D eigenvalue weighted by Crippen LogP contribution is -2.41. The van der Waals surface area contributed by atoms with Crippen molar-refractivity contribution >= 4 is 23.2 Å². The summed E-state index contributed by atoms with van der Waals surface area (Å²) in [6, 6.07) is 5.57. The van der Waals surface area contributed by atoms with Crippen molar-refractivity contribution in [3.05, 3.63) is 46.5 Å². The van der Waals surface area contributed by atoms with E-state index in [1.54, 1.807) is 18.7 Å². The van der Waals surface area contributed by atoms with Crippen LogP contribution in [-0.4, -0.2) is 26.0 Å². The molecule has 148 valence electrons. The number of hydrogen-bond donors (Lipinski definition) is 1. The van der Waals surface area contributed by atoms with E-state index in [0.717, 1.165) is 31.2 Å². The van der Waals surface area contributed by atoms with E-state index in [-0.39, 0.29) is 11.5 Å². The van der Waals surface area contributed by atoms with E-state index in [1.807, 2.05) is 16.8 Å². The zero-order valence-corrected chi connectivity index (χ0v) is 17.6. The predicted molar refractivity (Wildman–Crippen MR) is 110 cm³/mol. The average molecular weight is 410 g/mol. The summed E-state index contributed by atoms with van der Waals surface area (Å²) in [5.41, 5.74) is 1.02. The standard InChI is InChI=1S/C21H29Cl2N3O/c1-15(10-16-6-7-17(22)12-18(16)23)11-19(26-14-24-13-25-26)20(27)21(2)8-4-3-5-9-21/h6-7,12-15,19-20,27H,3-5,8-11H2,1-2H3. The second-order valence-electron chi connectivity index (χ2n) is 8.38. The number of halogens is 2. The van der Waals surface area contributed by atoms with Crippen molar-refractivity contribution in [2.24, 2.45) is 11.3 Å². The Balaban J connectivity index is 1.75. The van der Waals surface area contributed by atoms with Crippen LogP contribution in [0.1, 0.15) is 64.0 Å². The molecular formula is C21H29Cl2N3O. The largest absolute Gasteiger partial charge is 0.390 e. The lowest BCUT2D eigenvalue weighted by molar-refractivity contribution is -0.0353. The van der Waals surface area contributed by atoms with E-state index in [0.29, 0.717) is 16.0 Å². The fourth-order valence-electron chi connectivity index (χ4n) is 4.45. The topological polar surface area (TPSA) is 50.9 Å². The van der Waals surface area contributed by atoms with Gasteiger partial charge in [-0.1, -0.05) is 62.4 Å². The average Bonchev–Trinajstić information content (AvgIpc) is 3.16. The molecule has 6 heteroatoms. The molecule has 1 aromatic carbocycles. The first kappa shape index (κ1) is 20.6. The first-order chi connectivity index (χ1) is 12.9. The van der Waals surface area contributed by atoms with E-state index in [4.69, 9.17) is 23.2 Å². The molecule has 0 saturated heterocycles. The molecule has 0 aliphatic heterocycles. The van der Waals surface area contributed by atoms with Crippen molar-refractivity contribution in [3.8, 4) is 0 Å². The number of aromatic nitrogens is 3. The number of aliphatic hydroxyl groups is 1. The smallest absolute Gasteiger partial charge is 0.137 e. The van der Waals surface area contributed by atoms with E-state index >= 15 is 0 Å². The summed E-state index contributed by atoms with van der Waals surface area (Å²) < 4.78 is 1.84. The second kappa shape index (κ2) is 8.93. The molecule has 27 heavy (non-hydrogen) atoms. The molecule has 1 heterocycles. The summed E-state index contributed by atoms with van der Waals surface area (Å²) in [5, 5.41) is 17.0. The van der Waals surface area contributed by atoms with Gasteiger partial charge in [0.15, 0.2) is 0 Å². The van der Waals surface area contributed by atoms with Crippen molar-refractivity contribution in [1.82, 2.24) is 14.8 Å². The lowest BCUT2D eigenvalue weighted by atomic mass is 9.69. The van der Waals surface area contributed by atoms with Crippen molar-refractivity contribution in [2.75, 3.05) is 0 Å². The van der Waals surface area contributed by atoms with Crippen molar-refractivity contribution in [3.63, 3.8) is 0 Å². The third kappa shape index (κ3) is 5.04. The van der Waals surface area contributed by atoms with Gasteiger partial charge < -0.3 is 5.11 Å². The van der Waals surface area contributed by atoms with Crippen LogP contribution in [0.3, 0.4) is 0 Å². The van der Waals surface area contributed by atoms with Crippen LogP contribution in [0.25, 0.3) is 0 Å². The van der Waals surface area contributed by atoms with Crippen molar-refractivity contribution in [2.45, 2.75) is 70.9 Å². The van der Waals surface area contributed by atoms with Crippen LogP contribution in [0.5, 0.6) is 0 Å². The van der Waals surface area contributed by atoms with Gasteiger partial charge in [0, 0.05) is 10.0 Å². The van der Waals surface area contributed by atoms with E-state index in [2.05, 4.69) is 23.9 Å². The number of benzene rings is 1. The zero-order valence-electron chi connectivity index (χ0n) is 16.1. The Kier molecular flexibility index (Phi) is 6.83. The molecule has 1 fully saturated rings. The molecule has 0 radical (unpaired) electrons. The molecule has 0 bridgehead atoms. The molecule has 4 nitrogen and oxygen atoms in total. The third-order valence-electron chi connectivity index (χ3n) is 6.08. The molecule has 0 spiro atoms. The highest BCUT2D eigenvalue weighted by molar-refractivity contribution is 6.35. The Morgan fingerprint density at radius 3 is 2.59 bits per heavy atom. The molecule has 1 N–H and O–H groups in total. The summed E-state index contributed by atoms with van der Waals surface area (Å²) in [7, 11) is 0. The molecule has 1 aromatic heterocycles. The highest BCUT2D eigenvalue weighted by Gasteiger charge is 2.40. The number of aliphatic hydroxyl groups excluding tert-OH is 1. The molecule has 2 aromatic rings. The maximum atomic E-state index is 11.3. The molecule has 0 amide bonds. The maximum Gasteiger partial charge on any atom is 0.137 e. The van der Waals surface area contributed by atoms with Crippen LogP contribution in [0.2, 0.25) is 10.0 Å². The highest BCUT2D eigenvalue weighted by Crippen LogP contribution is 2.43. The number of hydrogen-bond acceptors (Lipinski definition) is 3. The SMILES string of the molecule is CC(Cc1ccc(Cl)cc1Cl)CC(C(O)C1(C)CCCCC1)n1cncn1. The minimum Gasteiger partial charge on any atom is -0.390 e. The Morgan fingerprint density at radius 2 is 1.96 bits per heavy atom. The maximum absolute atomic E-state index is 11.3. The van der Waals surface area contributed by atoms with Gasteiger partial charge >= 0.3 is 0 Å². The first-order valence-corrected chi connectivity index (χ1v) is 10.6. The van der Waals surface area contributed by atoms with Crippen LogP contribution in [0.4, 0.5) is 0 Å². The van der Waals surface area contributed by atoms with Crippen molar-refractivity contribution < 1.29 is 5.11 Å². The van der Waals surface area contributed by atoms with Gasteiger partial charge in [-0.15, -0.1) is 0 Å². The molecule has 3 rings (SSSR count). The lowest BCUT2D eigenvalue weighted by Gasteiger charge is -2.42. The van der Waals surface area contributed by atoms with Crippen LogP contribution in [0, 0.1) is 11.3 Å². The van der Waals surface area contributed by atoms with Gasteiger partial charge in [0.05, 0.1) is 12.1 Å². The van der Waals surface area contributed by atoms with Crippen LogP contribution < -0.4 is 0 Å². The Hall–Kier alpha value is -1.10. The number of nitrogens with zero attached hydrogens (tertiary/aromatic N) is 3. The zero-order chi connectivity index (χ0) is 19.4. The summed E-state index contributed by atoms with van der Waals surface area (Å²) >= 11 is 12.4. The fourth-order valence-corrected chi connectivity index (χ4v) is 4.93. The van der Waals surface area contributed by atoms with Crippen molar-refractivity contribution in [1.29, 1.82) is 0 Å². The number of rotatable bonds is 7. The summed E-state index contributed by atoms with van der Waals surface area (Å²) in [6.07, 6.45) is 10.3. The molecule has 3 unspecified atom stereocenters. The van der Waals surface area contributed by atoms with E-state index < -0.39 is 6.10 Å². The monoisotopic (exact) mass is 409 g/mol. The highest BCUT2D eigenvalue weighted by atomic mass is 35.5. The summed E-state index contributed by atoms with van der Waals surface area (Å²) in [6.45, 7) is 4.42. The van der Waals surface area contributed by atoms with E-state index in [9.17, 15) is 5.11 Å². The predicted octanol–water partition coefficient (Wildman–Crippen LogP) is 5.73. The summed E-state index contributed by atoms with van der Waals surface area (Å²) in [4.78, 5) is 4.11. The molecular weight excluding hydrogens is 381 g/mol. The van der Waals surface area contributed by atoms with Crippen LogP contribution >= 0.6 is 23.2 Å². The minimum absolute atomic E-state index is 0.0630. The van der Waals surface area contributed by atoms with Gasteiger partial charge in [-0.3, -0.25) is 0 Å². The van der Waals surface area contributed by atoms with Gasteiger partial charge in [0.25, 0.3) is 0 Å². The molecule has 1 aliphatic rings. The second-order valence-corrected chi connectivity index (χ2v) is 9.23. The minimum atomic E-state index is -0.442. The molecule has 3 atom stereocenters. The fraction of sp³-hybridized carbons (Fsp3) is 0.619. The summed E-state index contributed by atoms with van der Waals surface area (Å²) in [5.74, 6) is 0.333. The normalized spacial score (nSPS) is 20.2. The van der Waals surface area contributed by atoms with Gasteiger partial charge in [0.2, 0.25) is 0 Å². The third-order valence-corrected chi connectivity index (χ3v) is 6.66. The van der Waals surface area contributed by atoms with Crippen LogP contribution in [-0.2, 0) is 6.42 Å². The van der Waals surface area contributed by atoms with Gasteiger partial charge in [-0.2, -0.15) is 5.10 Å². The Morgan fingerprint density at radius 1 is 1.22 bits per heavy atom. The molecule has 1 aliphatic carbocycles. The Bertz CT molecular complexity index is 729. The molecule has 1 saturated carbocycles. The van der Waals surface area contributed by atoms with Crippen LogP contribution in [0.15, 0.2) is 30.9 Å². The van der Waals surface area contributed by atoms with Gasteiger partial charge in [-0.05, 0) is 54.7 Å². The Labute approximate surface area is 171 Å². The van der Waals surface area contributed by atoms with E-state index in [1.165, 1.54) is 19.3 Å². The van der Waals surface area contributed by atoms with Gasteiger partial charge in [0.1, 0.15) is 12.7 Å². The first-order valence-electron chi connectivity index (χ1n) is 9.85. The quantitative estimate of drug-likeness (QED) is 0.635. The van der Waals surface area contributed by atoms with Gasteiger partial charge in [-0.25, -0.2) is 9.67 Å².